The Bertz CT molecular complexity index is 1480. The number of unbranched alkanes of at least 4 members (excludes halogenated alkanes) is 2. The minimum atomic E-state index is -4.81. The Hall–Kier alpha value is -3.89. The second-order valence-electron chi connectivity index (χ2n) is 10.9. The summed E-state index contributed by atoms with van der Waals surface area (Å²) in [7, 11) is 0. The predicted molar refractivity (Wildman–Crippen MR) is 163 cm³/mol. The van der Waals surface area contributed by atoms with Crippen molar-refractivity contribution in [1.82, 2.24) is 19.8 Å². The van der Waals surface area contributed by atoms with Crippen LogP contribution >= 0.6 is 0 Å². The Morgan fingerprint density at radius 2 is 1.57 bits per heavy atom. The summed E-state index contributed by atoms with van der Waals surface area (Å²) in [5.74, 6) is 0.648. The van der Waals surface area contributed by atoms with Crippen molar-refractivity contribution in [2.45, 2.75) is 45.2 Å². The van der Waals surface area contributed by atoms with Gasteiger partial charge in [0.1, 0.15) is 28.9 Å². The van der Waals surface area contributed by atoms with Gasteiger partial charge in [0.2, 0.25) is 0 Å². The summed E-state index contributed by atoms with van der Waals surface area (Å²) in [5.41, 5.74) is 1.30. The lowest BCUT2D eigenvalue weighted by Gasteiger charge is -2.26. The number of nitrogens with zero attached hydrogens (tertiary/aromatic N) is 3. The average Bonchev–Trinajstić information content (AvgIpc) is 3.45. The van der Waals surface area contributed by atoms with E-state index in [0.717, 1.165) is 99.4 Å². The van der Waals surface area contributed by atoms with Gasteiger partial charge in [-0.3, -0.25) is 0 Å². The van der Waals surface area contributed by atoms with Crippen LogP contribution in [-0.4, -0.2) is 53.8 Å². The van der Waals surface area contributed by atoms with Crippen LogP contribution in [0.25, 0.3) is 16.9 Å². The van der Waals surface area contributed by atoms with Crippen LogP contribution < -0.4 is 14.8 Å². The van der Waals surface area contributed by atoms with Crippen LogP contribution in [0.4, 0.5) is 17.6 Å². The maximum atomic E-state index is 13.7. The minimum Gasteiger partial charge on any atom is -0.494 e. The third-order valence-corrected chi connectivity index (χ3v) is 7.62. The Morgan fingerprint density at radius 1 is 0.864 bits per heavy atom. The third kappa shape index (κ3) is 8.39. The number of ether oxygens (including phenoxy) is 2. The molecular weight excluding hydrogens is 572 g/mol. The zero-order valence-electron chi connectivity index (χ0n) is 24.9. The fourth-order valence-corrected chi connectivity index (χ4v) is 5.17. The minimum absolute atomic E-state index is 0.0947. The van der Waals surface area contributed by atoms with E-state index in [1.165, 1.54) is 6.07 Å². The van der Waals surface area contributed by atoms with E-state index in [0.29, 0.717) is 18.4 Å². The summed E-state index contributed by atoms with van der Waals surface area (Å²) in [4.78, 5) is 7.42. The molecule has 10 heteroatoms. The van der Waals surface area contributed by atoms with Crippen molar-refractivity contribution in [2.24, 2.45) is 0 Å². The SMILES string of the molecule is CCCCc1nc(-c2ccc(OCCCCN3CCNCC3)cc2)cn1-c1ccc(Oc2ccc(F)c(C(F)(F)F)c2)cc1. The Balaban J connectivity index is 1.23. The van der Waals surface area contributed by atoms with E-state index in [2.05, 4.69) is 17.1 Å². The number of piperazine rings is 1. The van der Waals surface area contributed by atoms with Crippen molar-refractivity contribution in [3.8, 4) is 34.2 Å². The summed E-state index contributed by atoms with van der Waals surface area (Å²) in [6, 6.07) is 17.6. The number of benzene rings is 3. The molecule has 1 fully saturated rings. The Morgan fingerprint density at radius 3 is 2.27 bits per heavy atom. The molecule has 4 aromatic rings. The highest BCUT2D eigenvalue weighted by atomic mass is 19.4. The molecule has 0 spiro atoms. The van der Waals surface area contributed by atoms with Gasteiger partial charge in [-0.05, 0) is 92.5 Å². The monoisotopic (exact) mass is 610 g/mol. The molecule has 0 radical (unpaired) electrons. The van der Waals surface area contributed by atoms with Gasteiger partial charge in [-0.25, -0.2) is 9.37 Å². The molecule has 2 heterocycles. The van der Waals surface area contributed by atoms with Crippen LogP contribution in [-0.2, 0) is 12.6 Å². The molecule has 0 saturated carbocycles. The Labute approximate surface area is 255 Å². The van der Waals surface area contributed by atoms with Gasteiger partial charge < -0.3 is 24.3 Å². The van der Waals surface area contributed by atoms with Crippen LogP contribution in [0.15, 0.2) is 72.9 Å². The standard InChI is InChI=1S/C34H38F4N4O2/c1-2-3-6-33-40-32(25-7-11-27(12-8-25)43-22-5-4-19-41-20-17-39-18-21-41)24-42(33)26-9-13-28(14-10-26)44-29-15-16-31(35)30(23-29)34(36,37)38/h7-16,23-24,39H,2-6,17-22H2,1H3. The quantitative estimate of drug-likeness (QED) is 0.123. The normalized spacial score (nSPS) is 14.1. The van der Waals surface area contributed by atoms with Crippen LogP contribution in [0, 0.1) is 5.82 Å². The largest absolute Gasteiger partial charge is 0.494 e. The van der Waals surface area contributed by atoms with Crippen molar-refractivity contribution in [3.05, 3.63) is 90.1 Å². The number of aryl methyl sites for hydroxylation is 1. The molecule has 0 aliphatic carbocycles. The van der Waals surface area contributed by atoms with Crippen molar-refractivity contribution < 1.29 is 27.0 Å². The summed E-state index contributed by atoms with van der Waals surface area (Å²) in [6.07, 6.45) is 2.11. The van der Waals surface area contributed by atoms with Gasteiger partial charge in [-0.15, -0.1) is 0 Å². The zero-order chi connectivity index (χ0) is 30.9. The highest BCUT2D eigenvalue weighted by Gasteiger charge is 2.34. The van der Waals surface area contributed by atoms with Crippen LogP contribution in [0.3, 0.4) is 0 Å². The highest BCUT2D eigenvalue weighted by Crippen LogP contribution is 2.35. The van der Waals surface area contributed by atoms with E-state index in [1.54, 1.807) is 12.1 Å². The fourth-order valence-electron chi connectivity index (χ4n) is 5.17. The molecule has 234 valence electrons. The van der Waals surface area contributed by atoms with Crippen molar-refractivity contribution in [3.63, 3.8) is 0 Å². The molecule has 1 N–H and O–H groups in total. The number of aromatic nitrogens is 2. The topological polar surface area (TPSA) is 51.5 Å². The number of hydrogen-bond acceptors (Lipinski definition) is 5. The lowest BCUT2D eigenvalue weighted by Crippen LogP contribution is -2.43. The van der Waals surface area contributed by atoms with E-state index in [4.69, 9.17) is 14.5 Å². The summed E-state index contributed by atoms with van der Waals surface area (Å²) in [6.45, 7) is 8.29. The second kappa shape index (κ2) is 14.7. The molecule has 1 aliphatic rings. The van der Waals surface area contributed by atoms with E-state index >= 15 is 0 Å². The number of hydrogen-bond donors (Lipinski definition) is 1. The average molecular weight is 611 g/mol. The lowest BCUT2D eigenvalue weighted by atomic mass is 10.1. The molecule has 1 aromatic heterocycles. The van der Waals surface area contributed by atoms with E-state index in [9.17, 15) is 17.6 Å². The molecular formula is C34H38F4N4O2. The van der Waals surface area contributed by atoms with Crippen molar-refractivity contribution in [2.75, 3.05) is 39.3 Å². The van der Waals surface area contributed by atoms with Gasteiger partial charge in [0.15, 0.2) is 0 Å². The predicted octanol–water partition coefficient (Wildman–Crippen LogP) is 7.90. The molecule has 0 atom stereocenters. The number of alkyl halides is 3. The zero-order valence-corrected chi connectivity index (χ0v) is 24.9. The summed E-state index contributed by atoms with van der Waals surface area (Å²) in [5, 5.41) is 3.38. The maximum absolute atomic E-state index is 13.7. The molecule has 3 aromatic carbocycles. The summed E-state index contributed by atoms with van der Waals surface area (Å²) < 4.78 is 66.5. The molecule has 0 amide bonds. The fraction of sp³-hybridized carbons (Fsp3) is 0.382. The first kappa shape index (κ1) is 31.5. The van der Waals surface area contributed by atoms with Gasteiger partial charge in [0.05, 0.1) is 17.9 Å². The first-order valence-corrected chi connectivity index (χ1v) is 15.2. The second-order valence-corrected chi connectivity index (χ2v) is 10.9. The van der Waals surface area contributed by atoms with Crippen molar-refractivity contribution in [1.29, 1.82) is 0 Å². The van der Waals surface area contributed by atoms with Crippen LogP contribution in [0.5, 0.6) is 17.2 Å². The van der Waals surface area contributed by atoms with Gasteiger partial charge in [0.25, 0.3) is 0 Å². The highest BCUT2D eigenvalue weighted by molar-refractivity contribution is 5.61. The van der Waals surface area contributed by atoms with Gasteiger partial charge in [-0.2, -0.15) is 13.2 Å². The maximum Gasteiger partial charge on any atom is 0.419 e. The van der Waals surface area contributed by atoms with Gasteiger partial charge in [0, 0.05) is 50.0 Å². The molecule has 1 aliphatic heterocycles. The summed E-state index contributed by atoms with van der Waals surface area (Å²) >= 11 is 0. The van der Waals surface area contributed by atoms with Crippen LogP contribution in [0.1, 0.15) is 44.0 Å². The molecule has 6 nitrogen and oxygen atoms in total. The molecule has 1 saturated heterocycles. The van der Waals surface area contributed by atoms with E-state index in [1.807, 2.05) is 47.2 Å². The van der Waals surface area contributed by atoms with E-state index in [-0.39, 0.29) is 5.75 Å². The number of nitrogens with one attached hydrogen (secondary N) is 1. The first-order chi connectivity index (χ1) is 21.3. The molecule has 0 unspecified atom stereocenters. The molecule has 44 heavy (non-hydrogen) atoms. The Kier molecular flexibility index (Phi) is 10.6. The lowest BCUT2D eigenvalue weighted by molar-refractivity contribution is -0.140. The van der Waals surface area contributed by atoms with Crippen molar-refractivity contribution >= 4 is 0 Å². The number of halogens is 4. The van der Waals surface area contributed by atoms with Gasteiger partial charge in [-0.1, -0.05) is 13.3 Å². The molecule has 0 bridgehead atoms. The van der Waals surface area contributed by atoms with E-state index < -0.39 is 17.6 Å². The molecule has 5 rings (SSSR count). The van der Waals surface area contributed by atoms with Gasteiger partial charge >= 0.3 is 6.18 Å². The number of rotatable bonds is 13. The smallest absolute Gasteiger partial charge is 0.419 e. The first-order valence-electron chi connectivity index (χ1n) is 15.2. The number of imidazole rings is 1. The van der Waals surface area contributed by atoms with Crippen LogP contribution in [0.2, 0.25) is 0 Å². The third-order valence-electron chi connectivity index (χ3n) is 7.62.